The number of rotatable bonds is 8. The summed E-state index contributed by atoms with van der Waals surface area (Å²) in [4.78, 5) is 23.7. The Kier molecular flexibility index (Phi) is 6.77. The van der Waals surface area contributed by atoms with Gasteiger partial charge in [0, 0.05) is 17.9 Å². The van der Waals surface area contributed by atoms with Gasteiger partial charge in [-0.3, -0.25) is 9.59 Å². The molecule has 1 atom stereocenters. The molecule has 1 rings (SSSR count). The standard InChI is InChI=1S/C19H24F6O2/c1-6-17(20,21)19(24,25)18(22,23)16(27)15-13(10(2)3)7-12(9-26)8-14(15)11(4)5/h7,9-11,13H,6,8H2,1-5H3. The van der Waals surface area contributed by atoms with Crippen LogP contribution in [0.1, 0.15) is 47.5 Å². The summed E-state index contributed by atoms with van der Waals surface area (Å²) in [7, 11) is 0. The third-order valence-corrected chi connectivity index (χ3v) is 4.86. The van der Waals surface area contributed by atoms with Gasteiger partial charge in [-0.2, -0.15) is 26.3 Å². The molecule has 154 valence electrons. The number of halogens is 6. The molecule has 0 N–H and O–H groups in total. The molecule has 0 fully saturated rings. The van der Waals surface area contributed by atoms with E-state index in [1.165, 1.54) is 6.08 Å². The molecule has 0 radical (unpaired) electrons. The summed E-state index contributed by atoms with van der Waals surface area (Å²) in [5.41, 5.74) is -0.260. The molecule has 0 aliphatic heterocycles. The Hall–Kier alpha value is -1.60. The van der Waals surface area contributed by atoms with Crippen molar-refractivity contribution in [1.82, 2.24) is 0 Å². The molecule has 1 aliphatic rings. The lowest BCUT2D eigenvalue weighted by molar-refractivity contribution is -0.296. The van der Waals surface area contributed by atoms with Gasteiger partial charge in [-0.15, -0.1) is 0 Å². The van der Waals surface area contributed by atoms with E-state index < -0.39 is 53.3 Å². The number of ketones is 1. The monoisotopic (exact) mass is 398 g/mol. The van der Waals surface area contributed by atoms with Crippen LogP contribution in [-0.2, 0) is 9.59 Å². The Labute approximate surface area is 154 Å². The number of allylic oxidation sites excluding steroid dienone is 4. The maximum atomic E-state index is 14.4. The summed E-state index contributed by atoms with van der Waals surface area (Å²) < 4.78 is 83.8. The highest BCUT2D eigenvalue weighted by Gasteiger charge is 2.74. The van der Waals surface area contributed by atoms with Crippen molar-refractivity contribution in [3.05, 3.63) is 22.8 Å². The van der Waals surface area contributed by atoms with Crippen LogP contribution in [0.5, 0.6) is 0 Å². The number of Topliss-reactive ketones (excluding diaryl/α,β-unsaturated/α-hetero) is 1. The van der Waals surface area contributed by atoms with Crippen LogP contribution >= 0.6 is 0 Å². The molecule has 0 bridgehead atoms. The zero-order chi connectivity index (χ0) is 21.4. The molecule has 27 heavy (non-hydrogen) atoms. The van der Waals surface area contributed by atoms with Crippen molar-refractivity contribution in [2.45, 2.75) is 65.2 Å². The lowest BCUT2D eigenvalue weighted by Crippen LogP contribution is -2.58. The van der Waals surface area contributed by atoms with Crippen molar-refractivity contribution in [3.63, 3.8) is 0 Å². The molecule has 0 aromatic rings. The van der Waals surface area contributed by atoms with E-state index in [2.05, 4.69) is 0 Å². The summed E-state index contributed by atoms with van der Waals surface area (Å²) in [5.74, 6) is -20.8. The van der Waals surface area contributed by atoms with E-state index in [1.807, 2.05) is 0 Å². The summed E-state index contributed by atoms with van der Waals surface area (Å²) in [6.07, 6.45) is 0.0962. The average molecular weight is 398 g/mol. The highest BCUT2D eigenvalue weighted by Crippen LogP contribution is 2.50. The Morgan fingerprint density at radius 1 is 1.15 bits per heavy atom. The summed E-state index contributed by atoms with van der Waals surface area (Å²) in [5, 5.41) is 0. The van der Waals surface area contributed by atoms with Crippen LogP contribution in [0.3, 0.4) is 0 Å². The first-order chi connectivity index (χ1) is 12.2. The topological polar surface area (TPSA) is 34.1 Å². The second kappa shape index (κ2) is 7.80. The highest BCUT2D eigenvalue weighted by molar-refractivity contribution is 6.03. The first-order valence-corrected chi connectivity index (χ1v) is 8.72. The van der Waals surface area contributed by atoms with E-state index in [1.54, 1.807) is 27.7 Å². The molecule has 1 unspecified atom stereocenters. The smallest absolute Gasteiger partial charge is 0.298 e. The summed E-state index contributed by atoms with van der Waals surface area (Å²) >= 11 is 0. The molecule has 0 saturated carbocycles. The zero-order valence-corrected chi connectivity index (χ0v) is 15.9. The number of hydrogen-bond acceptors (Lipinski definition) is 2. The molecule has 2 nitrogen and oxygen atoms in total. The molecule has 0 aromatic carbocycles. The maximum absolute atomic E-state index is 14.4. The maximum Gasteiger partial charge on any atom is 0.379 e. The second-order valence-corrected chi connectivity index (χ2v) is 7.44. The fraction of sp³-hybridized carbons (Fsp3) is 0.684. The number of hydrogen-bond donors (Lipinski definition) is 0. The quantitative estimate of drug-likeness (QED) is 0.393. The number of alkyl halides is 6. The van der Waals surface area contributed by atoms with Crippen LogP contribution in [0.4, 0.5) is 26.3 Å². The fourth-order valence-corrected chi connectivity index (χ4v) is 3.08. The predicted octanol–water partition coefficient (Wildman–Crippen LogP) is 5.63. The van der Waals surface area contributed by atoms with Crippen molar-refractivity contribution in [1.29, 1.82) is 0 Å². The first-order valence-electron chi connectivity index (χ1n) is 8.72. The van der Waals surface area contributed by atoms with Gasteiger partial charge in [0.25, 0.3) is 0 Å². The molecular formula is C19H24F6O2. The zero-order valence-electron chi connectivity index (χ0n) is 15.9. The SMILES string of the molecule is CCC(F)(F)C(F)(F)C(F)(F)C(=O)C1=C(C(C)C)CC(C=O)=CC1C(C)C. The largest absolute Gasteiger partial charge is 0.379 e. The Balaban J connectivity index is 3.61. The first kappa shape index (κ1) is 23.4. The third kappa shape index (κ3) is 3.99. The van der Waals surface area contributed by atoms with Gasteiger partial charge in [0.2, 0.25) is 5.78 Å². The van der Waals surface area contributed by atoms with Crippen molar-refractivity contribution in [2.24, 2.45) is 17.8 Å². The van der Waals surface area contributed by atoms with Gasteiger partial charge < -0.3 is 0 Å². The molecule has 0 aromatic heterocycles. The summed E-state index contributed by atoms with van der Waals surface area (Å²) in [6, 6.07) is 0. The number of aldehydes is 1. The minimum Gasteiger partial charge on any atom is -0.298 e. The fourth-order valence-electron chi connectivity index (χ4n) is 3.08. The van der Waals surface area contributed by atoms with Crippen molar-refractivity contribution < 1.29 is 35.9 Å². The van der Waals surface area contributed by atoms with Crippen molar-refractivity contribution >= 4 is 12.1 Å². The summed E-state index contributed by atoms with van der Waals surface area (Å²) in [6.45, 7) is 6.90. The molecular weight excluding hydrogens is 374 g/mol. The van der Waals surface area contributed by atoms with Gasteiger partial charge in [-0.1, -0.05) is 46.3 Å². The van der Waals surface area contributed by atoms with Gasteiger partial charge in [0.1, 0.15) is 6.29 Å². The van der Waals surface area contributed by atoms with Crippen molar-refractivity contribution in [2.75, 3.05) is 0 Å². The normalized spacial score (nSPS) is 19.6. The lowest BCUT2D eigenvalue weighted by atomic mass is 9.72. The highest BCUT2D eigenvalue weighted by atomic mass is 19.3. The molecule has 0 heterocycles. The number of carbonyl (C=O) groups is 2. The van der Waals surface area contributed by atoms with Crippen LogP contribution in [0, 0.1) is 17.8 Å². The Morgan fingerprint density at radius 3 is 2.04 bits per heavy atom. The molecule has 0 saturated heterocycles. The lowest BCUT2D eigenvalue weighted by Gasteiger charge is -2.36. The van der Waals surface area contributed by atoms with Crippen LogP contribution < -0.4 is 0 Å². The molecule has 0 spiro atoms. The van der Waals surface area contributed by atoms with E-state index in [0.29, 0.717) is 13.2 Å². The number of carbonyl (C=O) groups excluding carboxylic acids is 2. The van der Waals surface area contributed by atoms with Gasteiger partial charge in [0.15, 0.2) is 0 Å². The minimum absolute atomic E-state index is 0.0959. The van der Waals surface area contributed by atoms with Crippen LogP contribution in [-0.4, -0.2) is 29.8 Å². The van der Waals surface area contributed by atoms with Crippen LogP contribution in [0.2, 0.25) is 0 Å². The van der Waals surface area contributed by atoms with Crippen molar-refractivity contribution in [3.8, 4) is 0 Å². The Morgan fingerprint density at radius 2 is 1.67 bits per heavy atom. The molecule has 8 heteroatoms. The van der Waals surface area contributed by atoms with E-state index in [0.717, 1.165) is 0 Å². The average Bonchev–Trinajstić information content (AvgIpc) is 2.59. The van der Waals surface area contributed by atoms with E-state index in [4.69, 9.17) is 0 Å². The van der Waals surface area contributed by atoms with Crippen LogP contribution in [0.15, 0.2) is 22.8 Å². The van der Waals surface area contributed by atoms with E-state index in [9.17, 15) is 35.9 Å². The van der Waals surface area contributed by atoms with Gasteiger partial charge in [-0.05, 0) is 23.8 Å². The Bertz CT molecular complexity index is 659. The minimum atomic E-state index is -5.84. The van der Waals surface area contributed by atoms with E-state index >= 15 is 0 Å². The molecule has 1 aliphatic carbocycles. The van der Waals surface area contributed by atoms with Gasteiger partial charge in [0.05, 0.1) is 0 Å². The van der Waals surface area contributed by atoms with Crippen LogP contribution in [0.25, 0.3) is 0 Å². The van der Waals surface area contributed by atoms with Gasteiger partial charge >= 0.3 is 17.8 Å². The second-order valence-electron chi connectivity index (χ2n) is 7.44. The van der Waals surface area contributed by atoms with Gasteiger partial charge in [-0.25, -0.2) is 0 Å². The third-order valence-electron chi connectivity index (χ3n) is 4.86. The van der Waals surface area contributed by atoms with E-state index in [-0.39, 0.29) is 17.6 Å². The predicted molar refractivity (Wildman–Crippen MR) is 89.1 cm³/mol. The molecule has 0 amide bonds.